The first kappa shape index (κ1) is 23.1. The molecule has 1 fully saturated rings. The van der Waals surface area contributed by atoms with E-state index in [4.69, 9.17) is 16.7 Å². The number of hydrogen-bond acceptors (Lipinski definition) is 3. The van der Waals surface area contributed by atoms with E-state index < -0.39 is 0 Å². The van der Waals surface area contributed by atoms with Crippen LogP contribution in [-0.4, -0.2) is 58.2 Å². The zero-order valence-corrected chi connectivity index (χ0v) is 20.2. The molecule has 0 N–H and O–H groups in total. The standard InChI is InChI=1S/C29H27ClN4O/c30-25-14-7-15-26(21-25)34-28(22-27(31-34)24-12-5-2-6-13-24)29(35)33-19-17-32(18-20-33)16-8-11-23-9-3-1-4-10-23/h1-15,21-22H,16-20H2/b11-8+. The van der Waals surface area contributed by atoms with E-state index >= 15 is 0 Å². The second-order valence-corrected chi connectivity index (χ2v) is 9.01. The maximum Gasteiger partial charge on any atom is 0.272 e. The summed E-state index contributed by atoms with van der Waals surface area (Å²) in [4.78, 5) is 17.9. The molecule has 1 amide bonds. The van der Waals surface area contributed by atoms with Crippen LogP contribution in [0, 0.1) is 0 Å². The lowest BCUT2D eigenvalue weighted by Crippen LogP contribution is -2.49. The Bertz CT molecular complexity index is 1310. The highest BCUT2D eigenvalue weighted by Crippen LogP contribution is 2.24. The van der Waals surface area contributed by atoms with Gasteiger partial charge < -0.3 is 4.90 Å². The van der Waals surface area contributed by atoms with Crippen LogP contribution in [0.4, 0.5) is 0 Å². The van der Waals surface area contributed by atoms with Crippen LogP contribution in [-0.2, 0) is 0 Å². The molecule has 6 heteroatoms. The van der Waals surface area contributed by atoms with Crippen LogP contribution < -0.4 is 0 Å². The molecule has 3 aromatic carbocycles. The first-order valence-electron chi connectivity index (χ1n) is 11.8. The topological polar surface area (TPSA) is 41.4 Å². The SMILES string of the molecule is O=C(c1cc(-c2ccccc2)nn1-c1cccc(Cl)c1)N1CCN(C/C=C/c2ccccc2)CC1. The van der Waals surface area contributed by atoms with Crippen molar-refractivity contribution in [3.63, 3.8) is 0 Å². The summed E-state index contributed by atoms with van der Waals surface area (Å²) in [5.41, 5.74) is 4.25. The Morgan fingerprint density at radius 1 is 0.857 bits per heavy atom. The fourth-order valence-corrected chi connectivity index (χ4v) is 4.47. The number of rotatable bonds is 6. The third kappa shape index (κ3) is 5.53. The van der Waals surface area contributed by atoms with Gasteiger partial charge in [-0.3, -0.25) is 9.69 Å². The minimum atomic E-state index is -0.0147. The van der Waals surface area contributed by atoms with Gasteiger partial charge in [0.2, 0.25) is 0 Å². The van der Waals surface area contributed by atoms with Crippen molar-refractivity contribution in [3.05, 3.63) is 113 Å². The van der Waals surface area contributed by atoms with Gasteiger partial charge in [0.25, 0.3) is 5.91 Å². The van der Waals surface area contributed by atoms with E-state index in [9.17, 15) is 4.79 Å². The molecule has 1 aliphatic heterocycles. The van der Waals surface area contributed by atoms with Gasteiger partial charge >= 0.3 is 0 Å². The molecule has 5 rings (SSSR count). The maximum atomic E-state index is 13.6. The van der Waals surface area contributed by atoms with E-state index in [1.165, 1.54) is 5.56 Å². The number of carbonyl (C=O) groups is 1. The van der Waals surface area contributed by atoms with E-state index in [1.807, 2.05) is 83.8 Å². The molecule has 1 aromatic heterocycles. The van der Waals surface area contributed by atoms with Gasteiger partial charge in [-0.05, 0) is 29.8 Å². The summed E-state index contributed by atoms with van der Waals surface area (Å²) in [6.07, 6.45) is 4.33. The zero-order chi connectivity index (χ0) is 24.0. The van der Waals surface area contributed by atoms with Crippen LogP contribution in [0.5, 0.6) is 0 Å². The molecule has 5 nitrogen and oxygen atoms in total. The second kappa shape index (κ2) is 10.7. The average molecular weight is 483 g/mol. The summed E-state index contributed by atoms with van der Waals surface area (Å²) >= 11 is 6.25. The molecule has 0 unspecified atom stereocenters. The Hall–Kier alpha value is -3.67. The molecule has 0 atom stereocenters. The minimum Gasteiger partial charge on any atom is -0.335 e. The van der Waals surface area contributed by atoms with Crippen molar-refractivity contribution in [1.29, 1.82) is 0 Å². The van der Waals surface area contributed by atoms with Gasteiger partial charge in [0.1, 0.15) is 5.69 Å². The van der Waals surface area contributed by atoms with Crippen LogP contribution >= 0.6 is 11.6 Å². The van der Waals surface area contributed by atoms with Gasteiger partial charge in [0.05, 0.1) is 11.4 Å². The van der Waals surface area contributed by atoms with Crippen LogP contribution in [0.2, 0.25) is 5.02 Å². The molecule has 1 aliphatic rings. The first-order chi connectivity index (χ1) is 17.2. The molecule has 176 valence electrons. The molecule has 1 saturated heterocycles. The van der Waals surface area contributed by atoms with Gasteiger partial charge in [-0.1, -0.05) is 90.5 Å². The minimum absolute atomic E-state index is 0.0147. The summed E-state index contributed by atoms with van der Waals surface area (Å²) in [5.74, 6) is -0.0147. The van der Waals surface area contributed by atoms with Gasteiger partial charge in [-0.15, -0.1) is 0 Å². The van der Waals surface area contributed by atoms with Gasteiger partial charge in [0.15, 0.2) is 0 Å². The molecule has 0 radical (unpaired) electrons. The summed E-state index contributed by atoms with van der Waals surface area (Å²) < 4.78 is 1.71. The van der Waals surface area contributed by atoms with Crippen LogP contribution in [0.3, 0.4) is 0 Å². The molecule has 0 spiro atoms. The molecule has 35 heavy (non-hydrogen) atoms. The number of amides is 1. The number of carbonyl (C=O) groups excluding carboxylic acids is 1. The average Bonchev–Trinajstić information content (AvgIpc) is 3.36. The van der Waals surface area contributed by atoms with E-state index in [2.05, 4.69) is 29.2 Å². The molecule has 0 aliphatic carbocycles. The van der Waals surface area contributed by atoms with Crippen molar-refractivity contribution in [1.82, 2.24) is 19.6 Å². The van der Waals surface area contributed by atoms with Crippen molar-refractivity contribution in [3.8, 4) is 16.9 Å². The largest absolute Gasteiger partial charge is 0.335 e. The predicted octanol–water partition coefficient (Wildman–Crippen LogP) is 5.66. The van der Waals surface area contributed by atoms with Gasteiger partial charge in [-0.2, -0.15) is 5.10 Å². The van der Waals surface area contributed by atoms with E-state index in [0.29, 0.717) is 23.8 Å². The first-order valence-corrected chi connectivity index (χ1v) is 12.2. The number of hydrogen-bond donors (Lipinski definition) is 0. The Balaban J connectivity index is 1.32. The third-order valence-corrected chi connectivity index (χ3v) is 6.42. The molecular weight excluding hydrogens is 456 g/mol. The quantitative estimate of drug-likeness (QED) is 0.356. The summed E-state index contributed by atoms with van der Waals surface area (Å²) in [7, 11) is 0. The Kier molecular flexibility index (Phi) is 7.07. The lowest BCUT2D eigenvalue weighted by atomic mass is 10.1. The Labute approximate surface area is 210 Å². The highest BCUT2D eigenvalue weighted by Gasteiger charge is 2.26. The van der Waals surface area contributed by atoms with Crippen LogP contribution in [0.15, 0.2) is 97.1 Å². The van der Waals surface area contributed by atoms with Crippen molar-refractivity contribution in [2.45, 2.75) is 0 Å². The number of piperazine rings is 1. The number of aromatic nitrogens is 2. The molecule has 0 bridgehead atoms. The highest BCUT2D eigenvalue weighted by molar-refractivity contribution is 6.30. The van der Waals surface area contributed by atoms with Crippen molar-refractivity contribution in [2.24, 2.45) is 0 Å². The molecule has 0 saturated carbocycles. The summed E-state index contributed by atoms with van der Waals surface area (Å²) in [6, 6.07) is 29.5. The Morgan fingerprint density at radius 3 is 2.29 bits per heavy atom. The molecule has 2 heterocycles. The molecular formula is C29H27ClN4O. The summed E-state index contributed by atoms with van der Waals surface area (Å²) in [5, 5.41) is 5.39. The van der Waals surface area contributed by atoms with Crippen molar-refractivity contribution >= 4 is 23.6 Å². The lowest BCUT2D eigenvalue weighted by molar-refractivity contribution is 0.0641. The number of nitrogens with zero attached hydrogens (tertiary/aromatic N) is 4. The molecule has 4 aromatic rings. The lowest BCUT2D eigenvalue weighted by Gasteiger charge is -2.34. The van der Waals surface area contributed by atoms with E-state index in [0.717, 1.165) is 36.6 Å². The maximum absolute atomic E-state index is 13.6. The van der Waals surface area contributed by atoms with Crippen molar-refractivity contribution < 1.29 is 4.79 Å². The smallest absolute Gasteiger partial charge is 0.272 e. The monoisotopic (exact) mass is 482 g/mol. The fourth-order valence-electron chi connectivity index (χ4n) is 4.29. The predicted molar refractivity (Wildman–Crippen MR) is 142 cm³/mol. The van der Waals surface area contributed by atoms with E-state index in [-0.39, 0.29) is 5.91 Å². The van der Waals surface area contributed by atoms with Crippen LogP contribution in [0.1, 0.15) is 16.1 Å². The van der Waals surface area contributed by atoms with E-state index in [1.54, 1.807) is 4.68 Å². The summed E-state index contributed by atoms with van der Waals surface area (Å²) in [6.45, 7) is 3.90. The van der Waals surface area contributed by atoms with Crippen molar-refractivity contribution in [2.75, 3.05) is 32.7 Å². The fraction of sp³-hybridized carbons (Fsp3) is 0.172. The van der Waals surface area contributed by atoms with Gasteiger partial charge in [0, 0.05) is 43.3 Å². The van der Waals surface area contributed by atoms with Gasteiger partial charge in [-0.25, -0.2) is 4.68 Å². The normalized spacial score (nSPS) is 14.5. The second-order valence-electron chi connectivity index (χ2n) is 8.58. The van der Waals surface area contributed by atoms with Crippen LogP contribution in [0.25, 0.3) is 23.0 Å². The number of benzene rings is 3. The Morgan fingerprint density at radius 2 is 1.57 bits per heavy atom. The number of halogens is 1. The third-order valence-electron chi connectivity index (χ3n) is 6.18. The highest BCUT2D eigenvalue weighted by atomic mass is 35.5. The zero-order valence-electron chi connectivity index (χ0n) is 19.4.